The summed E-state index contributed by atoms with van der Waals surface area (Å²) in [5.74, 6) is -0.540. The number of thiazole rings is 1. The minimum Gasteiger partial charge on any atom is -0.483 e. The number of carboxylic acids is 1. The quantitative estimate of drug-likeness (QED) is 0.649. The molecular formula is C17H14Cl2N2O4S. The van der Waals surface area contributed by atoms with E-state index in [9.17, 15) is 9.59 Å². The van der Waals surface area contributed by atoms with Gasteiger partial charge in [0, 0.05) is 18.8 Å². The van der Waals surface area contributed by atoms with E-state index < -0.39 is 5.97 Å². The first-order valence-electron chi connectivity index (χ1n) is 7.68. The van der Waals surface area contributed by atoms with E-state index in [0.29, 0.717) is 31.7 Å². The molecule has 0 unspecified atom stereocenters. The van der Waals surface area contributed by atoms with Gasteiger partial charge in [0.15, 0.2) is 0 Å². The van der Waals surface area contributed by atoms with Crippen LogP contribution in [0.25, 0.3) is 10.2 Å². The highest BCUT2D eigenvalue weighted by molar-refractivity contribution is 7.16. The van der Waals surface area contributed by atoms with Gasteiger partial charge in [0.25, 0.3) is 0 Å². The molecule has 6 nitrogen and oxygen atoms in total. The maximum atomic E-state index is 12.1. The van der Waals surface area contributed by atoms with E-state index in [-0.39, 0.29) is 23.9 Å². The van der Waals surface area contributed by atoms with E-state index in [4.69, 9.17) is 33.0 Å². The number of nitrogens with zero attached hydrogens (tertiary/aromatic N) is 2. The smallest absolute Gasteiger partial charge is 0.308 e. The fraction of sp³-hybridized carbons (Fsp3) is 0.235. The Morgan fingerprint density at radius 3 is 2.81 bits per heavy atom. The minimum absolute atomic E-state index is 0.0931. The Hall–Kier alpha value is -2.09. The van der Waals surface area contributed by atoms with Crippen molar-refractivity contribution in [2.75, 3.05) is 0 Å². The first kappa shape index (κ1) is 18.7. The number of benzene rings is 1. The number of carbonyl (C=O) groups is 1. The number of aryl methyl sites for hydroxylation is 1. The van der Waals surface area contributed by atoms with Gasteiger partial charge in [-0.3, -0.25) is 19.1 Å². The van der Waals surface area contributed by atoms with Gasteiger partial charge >= 0.3 is 10.8 Å². The molecule has 1 aromatic carbocycles. The highest BCUT2D eigenvalue weighted by Gasteiger charge is 2.16. The number of carboxylic acid groups (broad SMARTS) is 1. The number of pyridine rings is 1. The lowest BCUT2D eigenvalue weighted by Crippen LogP contribution is -2.15. The van der Waals surface area contributed by atoms with Crippen molar-refractivity contribution in [3.8, 4) is 5.75 Å². The summed E-state index contributed by atoms with van der Waals surface area (Å²) in [6, 6.07) is 6.80. The summed E-state index contributed by atoms with van der Waals surface area (Å²) in [7, 11) is 0. The molecule has 3 rings (SSSR count). The first-order valence-corrected chi connectivity index (χ1v) is 9.25. The predicted octanol–water partition coefficient (Wildman–Crippen LogP) is 4.38. The van der Waals surface area contributed by atoms with Crippen LogP contribution in [-0.4, -0.2) is 20.6 Å². The van der Waals surface area contributed by atoms with Crippen LogP contribution in [0.5, 0.6) is 5.75 Å². The highest BCUT2D eigenvalue weighted by Crippen LogP contribution is 2.34. The lowest BCUT2D eigenvalue weighted by Gasteiger charge is -2.15. The molecule has 0 fully saturated rings. The Morgan fingerprint density at radius 1 is 1.38 bits per heavy atom. The lowest BCUT2D eigenvalue weighted by atomic mass is 10.2. The lowest BCUT2D eigenvalue weighted by molar-refractivity contribution is -0.137. The second kappa shape index (κ2) is 7.65. The molecule has 3 aromatic rings. The minimum atomic E-state index is -0.966. The number of halogens is 2. The highest BCUT2D eigenvalue weighted by atomic mass is 35.5. The van der Waals surface area contributed by atoms with Crippen LogP contribution in [0.3, 0.4) is 0 Å². The van der Waals surface area contributed by atoms with Crippen molar-refractivity contribution in [3.05, 3.63) is 55.9 Å². The monoisotopic (exact) mass is 412 g/mol. The number of aromatic nitrogens is 2. The fourth-order valence-corrected chi connectivity index (χ4v) is 3.69. The molecule has 1 atom stereocenters. The van der Waals surface area contributed by atoms with Gasteiger partial charge in [-0.1, -0.05) is 34.5 Å². The van der Waals surface area contributed by atoms with Gasteiger partial charge in [-0.2, -0.15) is 0 Å². The Balaban J connectivity index is 1.90. The van der Waals surface area contributed by atoms with E-state index in [1.807, 2.05) is 6.92 Å². The van der Waals surface area contributed by atoms with Gasteiger partial charge in [-0.05, 0) is 25.1 Å². The number of rotatable bonds is 6. The molecule has 0 aliphatic rings. The van der Waals surface area contributed by atoms with E-state index >= 15 is 0 Å². The molecule has 0 spiro atoms. The second-order valence-electron chi connectivity index (χ2n) is 5.58. The number of hydrogen-bond donors (Lipinski definition) is 1. The molecule has 0 saturated carbocycles. The normalized spacial score (nSPS) is 12.3. The van der Waals surface area contributed by atoms with Crippen molar-refractivity contribution < 1.29 is 14.6 Å². The largest absolute Gasteiger partial charge is 0.483 e. The molecule has 2 heterocycles. The van der Waals surface area contributed by atoms with Crippen molar-refractivity contribution in [3.63, 3.8) is 0 Å². The van der Waals surface area contributed by atoms with Gasteiger partial charge in [0.05, 0.1) is 32.4 Å². The van der Waals surface area contributed by atoms with Gasteiger partial charge in [-0.15, -0.1) is 0 Å². The number of ether oxygens (including phenoxy) is 1. The molecule has 2 aromatic heterocycles. The van der Waals surface area contributed by atoms with Gasteiger partial charge in [-0.25, -0.2) is 0 Å². The summed E-state index contributed by atoms with van der Waals surface area (Å²) < 4.78 is 7.98. The van der Waals surface area contributed by atoms with E-state index in [0.717, 1.165) is 11.3 Å². The summed E-state index contributed by atoms with van der Waals surface area (Å²) in [5.41, 5.74) is 1.29. The SMILES string of the molecule is C[C@@H](Oc1cc2sc(=O)n(CCC(=O)O)c2cc1Cl)c1ccc(Cl)cn1. The molecule has 0 amide bonds. The first-order chi connectivity index (χ1) is 12.3. The Labute approximate surface area is 162 Å². The second-order valence-corrected chi connectivity index (χ2v) is 7.41. The van der Waals surface area contributed by atoms with Crippen LogP contribution < -0.4 is 9.61 Å². The molecule has 136 valence electrons. The molecule has 0 saturated heterocycles. The summed E-state index contributed by atoms with van der Waals surface area (Å²) >= 11 is 13.2. The topological polar surface area (TPSA) is 81.4 Å². The van der Waals surface area contributed by atoms with Gasteiger partial charge in [0.2, 0.25) is 0 Å². The average molecular weight is 413 g/mol. The Kier molecular flexibility index (Phi) is 5.50. The van der Waals surface area contributed by atoms with Crippen LogP contribution in [0, 0.1) is 0 Å². The maximum Gasteiger partial charge on any atom is 0.308 e. The van der Waals surface area contributed by atoms with Gasteiger partial charge in [0.1, 0.15) is 11.9 Å². The zero-order valence-electron chi connectivity index (χ0n) is 13.6. The van der Waals surface area contributed by atoms with Crippen molar-refractivity contribution in [2.45, 2.75) is 26.0 Å². The van der Waals surface area contributed by atoms with Crippen molar-refractivity contribution in [1.82, 2.24) is 9.55 Å². The van der Waals surface area contributed by atoms with Crippen molar-refractivity contribution in [1.29, 1.82) is 0 Å². The zero-order chi connectivity index (χ0) is 18.8. The molecular weight excluding hydrogens is 399 g/mol. The molecule has 1 N–H and O–H groups in total. The third kappa shape index (κ3) is 4.00. The zero-order valence-corrected chi connectivity index (χ0v) is 15.9. The third-order valence-electron chi connectivity index (χ3n) is 3.74. The Bertz CT molecular complexity index is 1010. The number of fused-ring (bicyclic) bond motifs is 1. The van der Waals surface area contributed by atoms with Crippen LogP contribution in [-0.2, 0) is 11.3 Å². The molecule has 0 aliphatic heterocycles. The molecule has 0 aliphatic carbocycles. The van der Waals surface area contributed by atoms with Crippen LogP contribution in [0.4, 0.5) is 0 Å². The van der Waals surface area contributed by atoms with Crippen molar-refractivity contribution >= 4 is 50.7 Å². The number of hydrogen-bond acceptors (Lipinski definition) is 5. The van der Waals surface area contributed by atoms with Gasteiger partial charge < -0.3 is 9.84 Å². The standard InChI is InChI=1S/C17H14Cl2N2O4S/c1-9(12-3-2-10(18)8-20-12)25-14-7-15-13(6-11(14)19)21(17(24)26-15)5-4-16(22)23/h2-3,6-9H,4-5H2,1H3,(H,22,23)/t9-/m1/s1. The summed E-state index contributed by atoms with van der Waals surface area (Å²) in [5, 5.41) is 9.69. The summed E-state index contributed by atoms with van der Waals surface area (Å²) in [6.45, 7) is 1.92. The fourth-order valence-electron chi connectivity index (χ4n) is 2.45. The predicted molar refractivity (Wildman–Crippen MR) is 102 cm³/mol. The maximum absolute atomic E-state index is 12.1. The summed E-state index contributed by atoms with van der Waals surface area (Å²) in [6.07, 6.45) is 1.03. The molecule has 26 heavy (non-hydrogen) atoms. The van der Waals surface area contributed by atoms with Crippen LogP contribution >= 0.6 is 34.5 Å². The Morgan fingerprint density at radius 2 is 2.15 bits per heavy atom. The van der Waals surface area contributed by atoms with E-state index in [1.54, 1.807) is 24.3 Å². The molecule has 9 heteroatoms. The summed E-state index contributed by atoms with van der Waals surface area (Å²) in [4.78, 5) is 26.9. The average Bonchev–Trinajstić information content (AvgIpc) is 2.88. The van der Waals surface area contributed by atoms with Crippen LogP contribution in [0.2, 0.25) is 10.0 Å². The molecule has 0 bridgehead atoms. The van der Waals surface area contributed by atoms with Crippen LogP contribution in [0.15, 0.2) is 35.3 Å². The van der Waals surface area contributed by atoms with E-state index in [2.05, 4.69) is 4.98 Å². The van der Waals surface area contributed by atoms with E-state index in [1.165, 1.54) is 10.8 Å². The third-order valence-corrected chi connectivity index (χ3v) is 5.20. The van der Waals surface area contributed by atoms with Crippen molar-refractivity contribution in [2.24, 2.45) is 0 Å². The number of aliphatic carboxylic acids is 1. The van der Waals surface area contributed by atoms with Crippen LogP contribution in [0.1, 0.15) is 25.1 Å². The molecule has 0 radical (unpaired) electrons.